The molecule has 3 rings (SSSR count). The quantitative estimate of drug-likeness (QED) is 0.902. The summed E-state index contributed by atoms with van der Waals surface area (Å²) in [5, 5.41) is 3.62. The zero-order valence-corrected chi connectivity index (χ0v) is 12.1. The molecule has 1 N–H and O–H groups in total. The maximum absolute atomic E-state index is 5.59. The van der Waals surface area contributed by atoms with Gasteiger partial charge in [-0.15, -0.1) is 0 Å². The Kier molecular flexibility index (Phi) is 3.79. The summed E-state index contributed by atoms with van der Waals surface area (Å²) in [6.45, 7) is 5.99. The highest BCUT2D eigenvalue weighted by molar-refractivity contribution is 5.43. The predicted octanol–water partition coefficient (Wildman–Crippen LogP) is 3.61. The summed E-state index contributed by atoms with van der Waals surface area (Å²) in [5.41, 5.74) is 3.82. The van der Waals surface area contributed by atoms with Crippen molar-refractivity contribution >= 4 is 0 Å². The van der Waals surface area contributed by atoms with Crippen LogP contribution in [0.1, 0.15) is 41.8 Å². The van der Waals surface area contributed by atoms with Crippen molar-refractivity contribution < 1.29 is 9.15 Å². The van der Waals surface area contributed by atoms with Crippen molar-refractivity contribution in [1.82, 2.24) is 5.32 Å². The van der Waals surface area contributed by atoms with Crippen LogP contribution in [-0.4, -0.2) is 13.2 Å². The molecule has 20 heavy (non-hydrogen) atoms. The standard InChI is InChI=1S/C17H21NO2/c1-3-8-18-17(15-7-10-19-12(15)2)14-4-5-16-13(11-14)6-9-20-16/h4-5,7,10-11,17-18H,3,6,8-9H2,1-2H3. The lowest BCUT2D eigenvalue weighted by atomic mass is 9.96. The first-order chi connectivity index (χ1) is 9.79. The van der Waals surface area contributed by atoms with E-state index < -0.39 is 0 Å². The van der Waals surface area contributed by atoms with E-state index >= 15 is 0 Å². The van der Waals surface area contributed by atoms with Crippen molar-refractivity contribution in [2.45, 2.75) is 32.7 Å². The molecule has 0 aliphatic carbocycles. The topological polar surface area (TPSA) is 34.4 Å². The normalized spacial score (nSPS) is 14.9. The number of fused-ring (bicyclic) bond motifs is 1. The van der Waals surface area contributed by atoms with Crippen LogP contribution in [0.15, 0.2) is 34.9 Å². The second kappa shape index (κ2) is 5.71. The van der Waals surface area contributed by atoms with Gasteiger partial charge in [0.05, 0.1) is 18.9 Å². The number of aryl methyl sites for hydroxylation is 1. The molecule has 2 aromatic rings. The van der Waals surface area contributed by atoms with Gasteiger partial charge in [0, 0.05) is 12.0 Å². The van der Waals surface area contributed by atoms with E-state index in [0.29, 0.717) is 0 Å². The van der Waals surface area contributed by atoms with Gasteiger partial charge in [0.1, 0.15) is 11.5 Å². The fraction of sp³-hybridized carbons (Fsp3) is 0.412. The lowest BCUT2D eigenvalue weighted by molar-refractivity contribution is 0.357. The van der Waals surface area contributed by atoms with Gasteiger partial charge in [0.15, 0.2) is 0 Å². The zero-order valence-electron chi connectivity index (χ0n) is 12.1. The van der Waals surface area contributed by atoms with Crippen LogP contribution >= 0.6 is 0 Å². The maximum atomic E-state index is 5.59. The highest BCUT2D eigenvalue weighted by Gasteiger charge is 2.20. The number of rotatable bonds is 5. The van der Waals surface area contributed by atoms with E-state index in [0.717, 1.165) is 37.5 Å². The van der Waals surface area contributed by atoms with Crippen LogP contribution in [0.4, 0.5) is 0 Å². The minimum atomic E-state index is 0.194. The van der Waals surface area contributed by atoms with E-state index in [4.69, 9.17) is 9.15 Å². The lowest BCUT2D eigenvalue weighted by Crippen LogP contribution is -2.23. The Morgan fingerprint density at radius 3 is 2.95 bits per heavy atom. The Morgan fingerprint density at radius 2 is 2.20 bits per heavy atom. The smallest absolute Gasteiger partial charge is 0.122 e. The lowest BCUT2D eigenvalue weighted by Gasteiger charge is -2.19. The van der Waals surface area contributed by atoms with Gasteiger partial charge in [-0.3, -0.25) is 0 Å². The molecule has 0 bridgehead atoms. The molecule has 0 saturated carbocycles. The summed E-state index contributed by atoms with van der Waals surface area (Å²) in [4.78, 5) is 0. The second-order valence-corrected chi connectivity index (χ2v) is 5.28. The Hall–Kier alpha value is -1.74. The third-order valence-electron chi connectivity index (χ3n) is 3.86. The van der Waals surface area contributed by atoms with E-state index in [1.54, 1.807) is 6.26 Å². The molecule has 0 amide bonds. The summed E-state index contributed by atoms with van der Waals surface area (Å²) in [6.07, 6.45) is 3.89. The molecule has 2 heterocycles. The molecule has 1 unspecified atom stereocenters. The number of hydrogen-bond acceptors (Lipinski definition) is 3. The van der Waals surface area contributed by atoms with Crippen LogP contribution in [0, 0.1) is 6.92 Å². The first-order valence-corrected chi connectivity index (χ1v) is 7.32. The molecule has 1 aliphatic rings. The van der Waals surface area contributed by atoms with Crippen LogP contribution in [0.5, 0.6) is 5.75 Å². The van der Waals surface area contributed by atoms with Gasteiger partial charge in [-0.25, -0.2) is 0 Å². The number of nitrogens with one attached hydrogen (secondary N) is 1. The Balaban J connectivity index is 1.94. The molecule has 1 aromatic heterocycles. The van der Waals surface area contributed by atoms with Crippen LogP contribution < -0.4 is 10.1 Å². The average Bonchev–Trinajstić information content (AvgIpc) is 3.08. The van der Waals surface area contributed by atoms with Crippen LogP contribution in [0.25, 0.3) is 0 Å². The molecule has 1 aromatic carbocycles. The number of furan rings is 1. The first kappa shape index (κ1) is 13.3. The van der Waals surface area contributed by atoms with Crippen molar-refractivity contribution in [3.8, 4) is 5.75 Å². The van der Waals surface area contributed by atoms with Gasteiger partial charge in [-0.2, -0.15) is 0 Å². The van der Waals surface area contributed by atoms with Crippen molar-refractivity contribution in [2.75, 3.05) is 13.2 Å². The summed E-state index contributed by atoms with van der Waals surface area (Å²) < 4.78 is 11.1. The minimum absolute atomic E-state index is 0.194. The molecular formula is C17H21NO2. The Morgan fingerprint density at radius 1 is 1.30 bits per heavy atom. The van der Waals surface area contributed by atoms with E-state index in [2.05, 4.69) is 36.5 Å². The molecule has 0 fully saturated rings. The van der Waals surface area contributed by atoms with Crippen molar-refractivity contribution in [3.63, 3.8) is 0 Å². The number of hydrogen-bond donors (Lipinski definition) is 1. The fourth-order valence-electron chi connectivity index (χ4n) is 2.78. The van der Waals surface area contributed by atoms with Crippen molar-refractivity contribution in [1.29, 1.82) is 0 Å². The van der Waals surface area contributed by atoms with Crippen LogP contribution in [0.2, 0.25) is 0 Å². The van der Waals surface area contributed by atoms with Crippen LogP contribution in [-0.2, 0) is 6.42 Å². The maximum Gasteiger partial charge on any atom is 0.122 e. The largest absolute Gasteiger partial charge is 0.493 e. The molecule has 0 radical (unpaired) electrons. The van der Waals surface area contributed by atoms with Crippen molar-refractivity contribution in [3.05, 3.63) is 53.0 Å². The summed E-state index contributed by atoms with van der Waals surface area (Å²) in [5.74, 6) is 2.02. The van der Waals surface area contributed by atoms with Crippen molar-refractivity contribution in [2.24, 2.45) is 0 Å². The fourth-order valence-corrected chi connectivity index (χ4v) is 2.78. The number of benzene rings is 1. The predicted molar refractivity (Wildman–Crippen MR) is 79.2 cm³/mol. The van der Waals surface area contributed by atoms with Gasteiger partial charge in [-0.1, -0.05) is 19.1 Å². The van der Waals surface area contributed by atoms with E-state index in [1.807, 2.05) is 6.92 Å². The first-order valence-electron chi connectivity index (χ1n) is 7.32. The zero-order chi connectivity index (χ0) is 13.9. The third-order valence-corrected chi connectivity index (χ3v) is 3.86. The minimum Gasteiger partial charge on any atom is -0.493 e. The van der Waals surface area contributed by atoms with Gasteiger partial charge in [-0.05, 0) is 43.1 Å². The molecule has 0 spiro atoms. The molecule has 1 aliphatic heterocycles. The Labute approximate surface area is 119 Å². The molecule has 0 saturated heterocycles. The average molecular weight is 271 g/mol. The van der Waals surface area contributed by atoms with E-state index in [-0.39, 0.29) is 6.04 Å². The van der Waals surface area contributed by atoms with Crippen LogP contribution in [0.3, 0.4) is 0 Å². The van der Waals surface area contributed by atoms with Gasteiger partial charge in [0.25, 0.3) is 0 Å². The highest BCUT2D eigenvalue weighted by Crippen LogP contribution is 2.31. The highest BCUT2D eigenvalue weighted by atomic mass is 16.5. The molecule has 106 valence electrons. The van der Waals surface area contributed by atoms with Gasteiger partial charge < -0.3 is 14.5 Å². The molecule has 1 atom stereocenters. The van der Waals surface area contributed by atoms with E-state index in [1.165, 1.54) is 16.7 Å². The SMILES string of the molecule is CCCNC(c1ccc2c(c1)CCO2)c1ccoc1C. The number of ether oxygens (including phenoxy) is 1. The summed E-state index contributed by atoms with van der Waals surface area (Å²) in [6, 6.07) is 8.77. The third kappa shape index (κ3) is 2.46. The monoisotopic (exact) mass is 271 g/mol. The molecule has 3 heteroatoms. The summed E-state index contributed by atoms with van der Waals surface area (Å²) in [7, 11) is 0. The summed E-state index contributed by atoms with van der Waals surface area (Å²) >= 11 is 0. The van der Waals surface area contributed by atoms with Gasteiger partial charge >= 0.3 is 0 Å². The van der Waals surface area contributed by atoms with E-state index in [9.17, 15) is 0 Å². The van der Waals surface area contributed by atoms with Gasteiger partial charge in [0.2, 0.25) is 0 Å². The molecular weight excluding hydrogens is 250 g/mol. The molecule has 3 nitrogen and oxygen atoms in total. The Bertz CT molecular complexity index is 588. The second-order valence-electron chi connectivity index (χ2n) is 5.28.